The molecule has 0 spiro atoms. The Bertz CT molecular complexity index is 585. The zero-order valence-corrected chi connectivity index (χ0v) is 17.6. The Labute approximate surface area is 171 Å². The summed E-state index contributed by atoms with van der Waals surface area (Å²) in [5, 5.41) is 20.4. The second-order valence-corrected chi connectivity index (χ2v) is 8.26. The molecule has 0 amide bonds. The molecule has 2 aliphatic rings. The first kappa shape index (κ1) is 23.6. The van der Waals surface area contributed by atoms with Crippen molar-refractivity contribution in [2.24, 2.45) is 29.1 Å². The van der Waals surface area contributed by atoms with E-state index >= 15 is 0 Å². The van der Waals surface area contributed by atoms with Crippen molar-refractivity contribution in [1.29, 1.82) is 0 Å². The van der Waals surface area contributed by atoms with Gasteiger partial charge in [0.05, 0.1) is 31.7 Å². The first-order valence-electron chi connectivity index (χ1n) is 10.5. The highest BCUT2D eigenvalue weighted by atomic mass is 16.6. The quantitative estimate of drug-likeness (QED) is 0.407. The molecular formula is C21H34O8. The van der Waals surface area contributed by atoms with Crippen molar-refractivity contribution in [3.8, 4) is 0 Å². The van der Waals surface area contributed by atoms with Gasteiger partial charge in [-0.25, -0.2) is 0 Å². The smallest absolute Gasteiger partial charge is 0.309 e. The highest BCUT2D eigenvalue weighted by Gasteiger charge is 2.57. The number of fused-ring (bicyclic) bond motifs is 1. The maximum absolute atomic E-state index is 12.7. The number of hydrogen-bond donors (Lipinski definition) is 2. The van der Waals surface area contributed by atoms with Crippen LogP contribution in [0.3, 0.4) is 0 Å². The number of aliphatic hydroxyl groups excluding tert-OH is 2. The summed E-state index contributed by atoms with van der Waals surface area (Å²) >= 11 is 0. The van der Waals surface area contributed by atoms with E-state index < -0.39 is 48.5 Å². The number of carbonyl (C=O) groups excluding carboxylic acids is 3. The van der Waals surface area contributed by atoms with Gasteiger partial charge < -0.3 is 24.4 Å². The molecule has 166 valence electrons. The van der Waals surface area contributed by atoms with E-state index in [1.807, 2.05) is 0 Å². The van der Waals surface area contributed by atoms with Crippen LogP contribution in [0.2, 0.25) is 0 Å². The van der Waals surface area contributed by atoms with Gasteiger partial charge in [0, 0.05) is 18.8 Å². The maximum atomic E-state index is 12.7. The number of rotatable bonds is 10. The van der Waals surface area contributed by atoms with Crippen molar-refractivity contribution in [2.45, 2.75) is 58.5 Å². The van der Waals surface area contributed by atoms with Crippen molar-refractivity contribution in [3.05, 3.63) is 0 Å². The van der Waals surface area contributed by atoms with Crippen molar-refractivity contribution >= 4 is 17.9 Å². The number of ether oxygens (including phenoxy) is 3. The summed E-state index contributed by atoms with van der Waals surface area (Å²) in [6, 6.07) is 0. The van der Waals surface area contributed by atoms with E-state index in [1.165, 1.54) is 7.11 Å². The normalized spacial score (nSPS) is 27.2. The second-order valence-electron chi connectivity index (χ2n) is 8.26. The number of carbonyl (C=O) groups is 3. The van der Waals surface area contributed by atoms with E-state index in [4.69, 9.17) is 14.2 Å². The molecule has 2 saturated carbocycles. The molecule has 8 heteroatoms. The number of aliphatic hydroxyl groups is 2. The average molecular weight is 414 g/mol. The first-order chi connectivity index (χ1) is 13.9. The van der Waals surface area contributed by atoms with Crippen LogP contribution in [0.15, 0.2) is 0 Å². The summed E-state index contributed by atoms with van der Waals surface area (Å²) < 4.78 is 16.0. The summed E-state index contributed by atoms with van der Waals surface area (Å²) in [6.45, 7) is 1.89. The highest BCUT2D eigenvalue weighted by molar-refractivity contribution is 5.74. The van der Waals surface area contributed by atoms with E-state index in [9.17, 15) is 24.6 Å². The van der Waals surface area contributed by atoms with E-state index in [-0.39, 0.29) is 31.3 Å². The molecule has 2 aliphatic carbocycles. The fraction of sp³-hybridized carbons (Fsp3) is 0.857. The largest absolute Gasteiger partial charge is 0.469 e. The van der Waals surface area contributed by atoms with Gasteiger partial charge in [-0.2, -0.15) is 0 Å². The minimum atomic E-state index is -1.40. The molecular weight excluding hydrogens is 380 g/mol. The Morgan fingerprint density at radius 2 is 1.72 bits per heavy atom. The SMILES string of the molecule is CCC(=O)OCC(CO)(CO)C(OC(=O)CC)C1CC2CCCC2C1C(=O)OC. The minimum absolute atomic E-state index is 0.112. The Kier molecular flexibility index (Phi) is 8.46. The molecule has 0 bridgehead atoms. The average Bonchev–Trinajstić information content (AvgIpc) is 3.33. The van der Waals surface area contributed by atoms with Gasteiger partial charge in [0.25, 0.3) is 0 Å². The Balaban J connectivity index is 2.41. The lowest BCUT2D eigenvalue weighted by atomic mass is 9.72. The van der Waals surface area contributed by atoms with Gasteiger partial charge in [-0.3, -0.25) is 14.4 Å². The van der Waals surface area contributed by atoms with Crippen LogP contribution in [0, 0.1) is 29.1 Å². The van der Waals surface area contributed by atoms with Gasteiger partial charge in [-0.15, -0.1) is 0 Å². The Morgan fingerprint density at radius 1 is 1.07 bits per heavy atom. The zero-order chi connectivity index (χ0) is 21.6. The molecule has 0 radical (unpaired) electrons. The summed E-state index contributed by atoms with van der Waals surface area (Å²) in [5.41, 5.74) is -1.40. The van der Waals surface area contributed by atoms with Crippen LogP contribution in [0.1, 0.15) is 52.4 Å². The lowest BCUT2D eigenvalue weighted by molar-refractivity contribution is -0.185. The fourth-order valence-corrected chi connectivity index (χ4v) is 5.06. The summed E-state index contributed by atoms with van der Waals surface area (Å²) in [6.07, 6.45) is 2.84. The van der Waals surface area contributed by atoms with Gasteiger partial charge in [-0.05, 0) is 24.7 Å². The standard InChI is InChI=1S/C21H34O8/c1-4-16(24)28-12-21(10-22,11-23)19(29-17(25)5-2)15-9-13-7-6-8-14(13)18(15)20(26)27-3/h13-15,18-19,22-23H,4-12H2,1-3H3. The molecule has 0 aromatic heterocycles. The molecule has 5 atom stereocenters. The molecule has 29 heavy (non-hydrogen) atoms. The molecule has 0 aromatic carbocycles. The lowest BCUT2D eigenvalue weighted by Gasteiger charge is -2.41. The summed E-state index contributed by atoms with van der Waals surface area (Å²) in [5.74, 6) is -1.82. The molecule has 0 aliphatic heterocycles. The van der Waals surface area contributed by atoms with E-state index in [0.29, 0.717) is 12.3 Å². The van der Waals surface area contributed by atoms with Gasteiger partial charge >= 0.3 is 17.9 Å². The van der Waals surface area contributed by atoms with Gasteiger partial charge in [-0.1, -0.05) is 26.7 Å². The number of hydrogen-bond acceptors (Lipinski definition) is 8. The minimum Gasteiger partial charge on any atom is -0.469 e. The fourth-order valence-electron chi connectivity index (χ4n) is 5.06. The third-order valence-electron chi connectivity index (χ3n) is 6.67. The summed E-state index contributed by atoms with van der Waals surface area (Å²) in [4.78, 5) is 36.6. The predicted octanol–water partition coefficient (Wildman–Crippen LogP) is 1.46. The topological polar surface area (TPSA) is 119 Å². The molecule has 0 aromatic rings. The highest BCUT2D eigenvalue weighted by Crippen LogP contribution is 2.54. The van der Waals surface area contributed by atoms with Crippen LogP contribution < -0.4 is 0 Å². The lowest BCUT2D eigenvalue weighted by Crippen LogP contribution is -2.53. The van der Waals surface area contributed by atoms with Crippen LogP contribution in [-0.2, 0) is 28.6 Å². The van der Waals surface area contributed by atoms with Crippen LogP contribution in [-0.4, -0.2) is 61.2 Å². The third-order valence-corrected chi connectivity index (χ3v) is 6.67. The monoisotopic (exact) mass is 414 g/mol. The van der Waals surface area contributed by atoms with Gasteiger partial charge in [0.1, 0.15) is 12.7 Å². The summed E-state index contributed by atoms with van der Waals surface area (Å²) in [7, 11) is 1.34. The Morgan fingerprint density at radius 3 is 2.28 bits per heavy atom. The second kappa shape index (κ2) is 10.4. The predicted molar refractivity (Wildman–Crippen MR) is 102 cm³/mol. The van der Waals surface area contributed by atoms with E-state index in [0.717, 1.165) is 19.3 Å². The van der Waals surface area contributed by atoms with E-state index in [1.54, 1.807) is 13.8 Å². The number of methoxy groups -OCH3 is 1. The zero-order valence-electron chi connectivity index (χ0n) is 17.6. The molecule has 8 nitrogen and oxygen atoms in total. The van der Waals surface area contributed by atoms with Crippen molar-refractivity contribution in [2.75, 3.05) is 26.9 Å². The van der Waals surface area contributed by atoms with E-state index in [2.05, 4.69) is 0 Å². The first-order valence-corrected chi connectivity index (χ1v) is 10.5. The van der Waals surface area contributed by atoms with Crippen LogP contribution in [0.4, 0.5) is 0 Å². The molecule has 5 unspecified atom stereocenters. The van der Waals surface area contributed by atoms with Crippen LogP contribution in [0.5, 0.6) is 0 Å². The number of esters is 3. The van der Waals surface area contributed by atoms with Crippen molar-refractivity contribution in [1.82, 2.24) is 0 Å². The van der Waals surface area contributed by atoms with Crippen LogP contribution in [0.25, 0.3) is 0 Å². The molecule has 2 N–H and O–H groups in total. The Hall–Kier alpha value is -1.67. The molecule has 0 heterocycles. The van der Waals surface area contributed by atoms with Crippen molar-refractivity contribution in [3.63, 3.8) is 0 Å². The van der Waals surface area contributed by atoms with Gasteiger partial charge in [0.15, 0.2) is 0 Å². The molecule has 0 saturated heterocycles. The van der Waals surface area contributed by atoms with Crippen LogP contribution >= 0.6 is 0 Å². The molecule has 2 fully saturated rings. The molecule has 2 rings (SSSR count). The van der Waals surface area contributed by atoms with Gasteiger partial charge in [0.2, 0.25) is 0 Å². The third kappa shape index (κ3) is 4.91. The maximum Gasteiger partial charge on any atom is 0.309 e. The van der Waals surface area contributed by atoms with Crippen molar-refractivity contribution < 1.29 is 38.8 Å².